The van der Waals surface area contributed by atoms with Gasteiger partial charge in [0.1, 0.15) is 11.8 Å². The van der Waals surface area contributed by atoms with Crippen molar-refractivity contribution in [1.29, 1.82) is 0 Å². The minimum absolute atomic E-state index is 0.0759. The third-order valence-electron chi connectivity index (χ3n) is 2.11. The Morgan fingerprint density at radius 1 is 1.44 bits per heavy atom. The maximum Gasteiger partial charge on any atom is 0.325 e. The van der Waals surface area contributed by atoms with Gasteiger partial charge in [-0.25, -0.2) is 0 Å². The molecule has 16 heavy (non-hydrogen) atoms. The van der Waals surface area contributed by atoms with Gasteiger partial charge in [0.2, 0.25) is 0 Å². The van der Waals surface area contributed by atoms with Crippen LogP contribution in [-0.2, 0) is 4.79 Å². The molecule has 2 unspecified atom stereocenters. The van der Waals surface area contributed by atoms with Crippen molar-refractivity contribution in [2.45, 2.75) is 19.1 Å². The van der Waals surface area contributed by atoms with E-state index < -0.39 is 18.1 Å². The van der Waals surface area contributed by atoms with Gasteiger partial charge in [-0.2, -0.15) is 0 Å². The molecule has 0 aliphatic carbocycles. The maximum absolute atomic E-state index is 11.0. The van der Waals surface area contributed by atoms with Gasteiger partial charge in [0, 0.05) is 12.1 Å². The van der Waals surface area contributed by atoms with Gasteiger partial charge in [-0.3, -0.25) is 10.1 Å². The number of aromatic hydroxyl groups is 1. The highest BCUT2D eigenvalue weighted by Crippen LogP contribution is 2.23. The number of carbonyl (C=O) groups is 1. The van der Waals surface area contributed by atoms with E-state index in [1.165, 1.54) is 12.1 Å². The average molecular weight is 225 g/mol. The van der Waals surface area contributed by atoms with E-state index in [4.69, 9.17) is 10.2 Å². The van der Waals surface area contributed by atoms with Crippen molar-refractivity contribution in [2.24, 2.45) is 0 Å². The molecule has 0 saturated carbocycles. The van der Waals surface area contributed by atoms with Crippen LogP contribution in [0.1, 0.15) is 18.5 Å². The number of aliphatic hydroxyl groups is 1. The summed E-state index contributed by atoms with van der Waals surface area (Å²) in [4.78, 5) is 11.0. The van der Waals surface area contributed by atoms with Gasteiger partial charge in [0.15, 0.2) is 0 Å². The zero-order valence-electron chi connectivity index (χ0n) is 8.92. The molecule has 0 amide bonds. The van der Waals surface area contributed by atoms with Crippen molar-refractivity contribution >= 4 is 5.97 Å². The van der Waals surface area contributed by atoms with Gasteiger partial charge >= 0.3 is 5.97 Å². The van der Waals surface area contributed by atoms with Crippen molar-refractivity contribution in [3.8, 4) is 5.75 Å². The Labute approximate surface area is 93.4 Å². The predicted octanol–water partition coefficient (Wildman–Crippen LogP) is 0.488. The summed E-state index contributed by atoms with van der Waals surface area (Å²) in [5.41, 5.74) is 0.288. The molecule has 5 nitrogen and oxygen atoms in total. The van der Waals surface area contributed by atoms with Gasteiger partial charge in [-0.05, 0) is 13.0 Å². The average Bonchev–Trinajstić information content (AvgIpc) is 2.20. The minimum Gasteiger partial charge on any atom is -0.508 e. The van der Waals surface area contributed by atoms with Crippen molar-refractivity contribution in [1.82, 2.24) is 5.32 Å². The number of phenolic OH excluding ortho intramolecular Hbond substituents is 1. The lowest BCUT2D eigenvalue weighted by Gasteiger charge is -2.16. The van der Waals surface area contributed by atoms with Crippen LogP contribution in [0.4, 0.5) is 0 Å². The number of aliphatic hydroxyl groups excluding tert-OH is 1. The summed E-state index contributed by atoms with van der Waals surface area (Å²) in [6.07, 6.45) is -0.646. The summed E-state index contributed by atoms with van der Waals surface area (Å²) in [5, 5.41) is 30.3. The number of benzene rings is 1. The van der Waals surface area contributed by atoms with Gasteiger partial charge in [-0.15, -0.1) is 0 Å². The summed E-state index contributed by atoms with van der Waals surface area (Å²) in [7, 11) is 0. The monoisotopic (exact) mass is 225 g/mol. The van der Waals surface area contributed by atoms with Gasteiger partial charge in [0.05, 0.1) is 6.10 Å². The molecular weight excluding hydrogens is 210 g/mol. The Morgan fingerprint density at radius 2 is 2.06 bits per heavy atom. The number of hydrogen-bond acceptors (Lipinski definition) is 4. The van der Waals surface area contributed by atoms with Crippen LogP contribution in [-0.4, -0.2) is 33.9 Å². The van der Waals surface area contributed by atoms with E-state index in [0.717, 1.165) is 0 Å². The van der Waals surface area contributed by atoms with Crippen molar-refractivity contribution in [3.63, 3.8) is 0 Å². The minimum atomic E-state index is -1.10. The van der Waals surface area contributed by atoms with Crippen LogP contribution in [0, 0.1) is 0 Å². The number of carboxylic acid groups (broad SMARTS) is 1. The van der Waals surface area contributed by atoms with E-state index in [2.05, 4.69) is 5.32 Å². The molecule has 0 bridgehead atoms. The SMILES string of the molecule is CC(O)CNC(C(=O)O)c1ccccc1O. The normalized spacial score (nSPS) is 14.4. The second kappa shape index (κ2) is 5.48. The highest BCUT2D eigenvalue weighted by molar-refractivity contribution is 5.76. The second-order valence-corrected chi connectivity index (χ2v) is 3.59. The van der Waals surface area contributed by atoms with Crippen molar-refractivity contribution in [2.75, 3.05) is 6.54 Å². The number of phenols is 1. The highest BCUT2D eigenvalue weighted by atomic mass is 16.4. The van der Waals surface area contributed by atoms with Crippen LogP contribution in [0.2, 0.25) is 0 Å². The van der Waals surface area contributed by atoms with Gasteiger partial charge in [0.25, 0.3) is 0 Å². The molecule has 0 fully saturated rings. The number of hydrogen-bond donors (Lipinski definition) is 4. The Bertz CT molecular complexity index is 365. The van der Waals surface area contributed by atoms with E-state index in [1.807, 2.05) is 0 Å². The zero-order valence-corrected chi connectivity index (χ0v) is 8.92. The quantitative estimate of drug-likeness (QED) is 0.585. The first kappa shape index (κ1) is 12.5. The molecule has 0 saturated heterocycles. The predicted molar refractivity (Wildman–Crippen MR) is 58.2 cm³/mol. The molecule has 0 heterocycles. The second-order valence-electron chi connectivity index (χ2n) is 3.59. The molecule has 0 aliphatic heterocycles. The third-order valence-corrected chi connectivity index (χ3v) is 2.11. The van der Waals surface area contributed by atoms with Gasteiger partial charge < -0.3 is 15.3 Å². The lowest BCUT2D eigenvalue weighted by Crippen LogP contribution is -2.33. The van der Waals surface area contributed by atoms with Crippen LogP contribution in [0.3, 0.4) is 0 Å². The number of nitrogens with one attached hydrogen (secondary N) is 1. The summed E-state index contributed by atoms with van der Waals surface area (Å²) < 4.78 is 0. The fraction of sp³-hybridized carbons (Fsp3) is 0.364. The first-order valence-electron chi connectivity index (χ1n) is 4.94. The first-order valence-corrected chi connectivity index (χ1v) is 4.94. The lowest BCUT2D eigenvalue weighted by molar-refractivity contribution is -0.139. The third kappa shape index (κ3) is 3.22. The van der Waals surface area contributed by atoms with Crippen LogP contribution in [0.5, 0.6) is 5.75 Å². The summed E-state index contributed by atoms with van der Waals surface area (Å²) in [5.74, 6) is -1.17. The van der Waals surface area contributed by atoms with Gasteiger partial charge in [-0.1, -0.05) is 18.2 Å². The van der Waals surface area contributed by atoms with Crippen LogP contribution >= 0.6 is 0 Å². The Balaban J connectivity index is 2.86. The fourth-order valence-corrected chi connectivity index (χ4v) is 1.35. The zero-order chi connectivity index (χ0) is 12.1. The highest BCUT2D eigenvalue weighted by Gasteiger charge is 2.22. The van der Waals surface area contributed by atoms with Crippen LogP contribution in [0.15, 0.2) is 24.3 Å². The standard InChI is InChI=1S/C11H15NO4/c1-7(13)6-12-10(11(15)16)8-4-2-3-5-9(8)14/h2-5,7,10,12-14H,6H2,1H3,(H,15,16). The number of aliphatic carboxylic acids is 1. The van der Waals surface area contributed by atoms with Crippen LogP contribution in [0.25, 0.3) is 0 Å². The molecule has 88 valence electrons. The number of carboxylic acids is 1. The first-order chi connectivity index (χ1) is 7.52. The molecular formula is C11H15NO4. The topological polar surface area (TPSA) is 89.8 Å². The molecule has 4 N–H and O–H groups in total. The Hall–Kier alpha value is -1.59. The maximum atomic E-state index is 11.0. The summed E-state index contributed by atoms with van der Waals surface area (Å²) in [6, 6.07) is 5.20. The molecule has 1 aromatic rings. The largest absolute Gasteiger partial charge is 0.508 e. The number of para-hydroxylation sites is 1. The molecule has 2 atom stereocenters. The van der Waals surface area contributed by atoms with Crippen molar-refractivity contribution < 1.29 is 20.1 Å². The molecule has 0 spiro atoms. The van der Waals surface area contributed by atoms with E-state index in [-0.39, 0.29) is 17.9 Å². The molecule has 0 aromatic heterocycles. The smallest absolute Gasteiger partial charge is 0.325 e. The molecule has 1 aromatic carbocycles. The summed E-state index contributed by atoms with van der Waals surface area (Å²) in [6.45, 7) is 1.70. The molecule has 5 heteroatoms. The van der Waals surface area contributed by atoms with E-state index >= 15 is 0 Å². The van der Waals surface area contributed by atoms with E-state index in [0.29, 0.717) is 0 Å². The molecule has 0 aliphatic rings. The Kier molecular flexibility index (Phi) is 4.28. The van der Waals surface area contributed by atoms with Crippen molar-refractivity contribution in [3.05, 3.63) is 29.8 Å². The van der Waals surface area contributed by atoms with E-state index in [1.54, 1.807) is 19.1 Å². The summed E-state index contributed by atoms with van der Waals surface area (Å²) >= 11 is 0. The lowest BCUT2D eigenvalue weighted by atomic mass is 10.1. The number of rotatable bonds is 5. The van der Waals surface area contributed by atoms with Crippen LogP contribution < -0.4 is 5.32 Å². The molecule has 1 rings (SSSR count). The van der Waals surface area contributed by atoms with E-state index in [9.17, 15) is 9.90 Å². The fourth-order valence-electron chi connectivity index (χ4n) is 1.35. The Morgan fingerprint density at radius 3 is 2.56 bits per heavy atom. The molecule has 0 radical (unpaired) electrons.